The minimum atomic E-state index is 0.0716. The molecule has 1 rings (SSSR count). The number of rotatable bonds is 11. The molecule has 1 heterocycles. The molecule has 0 aromatic rings. The second kappa shape index (κ2) is 13.1. The minimum Gasteiger partial charge on any atom is -0.379 e. The summed E-state index contributed by atoms with van der Waals surface area (Å²) in [7, 11) is 0. The Labute approximate surface area is 139 Å². The second-order valence-corrected chi connectivity index (χ2v) is 5.50. The van der Waals surface area contributed by atoms with Crippen LogP contribution in [0.2, 0.25) is 0 Å². The lowest BCUT2D eigenvalue weighted by molar-refractivity contribution is -0.120. The number of carbonyl (C=O) groups is 1. The average Bonchev–Trinajstić information content (AvgIpc) is 3.06. The maximum Gasteiger partial charge on any atom is 0.221 e. The SMILES string of the molecule is CCCNC(=O)CCNC(=NCCCOC1CCOC1)NCC. The van der Waals surface area contributed by atoms with Crippen LogP contribution in [0, 0.1) is 0 Å². The molecule has 1 saturated heterocycles. The number of hydrogen-bond acceptors (Lipinski definition) is 4. The van der Waals surface area contributed by atoms with Gasteiger partial charge in [0.1, 0.15) is 0 Å². The van der Waals surface area contributed by atoms with Crippen molar-refractivity contribution < 1.29 is 14.3 Å². The molecule has 0 aliphatic carbocycles. The smallest absolute Gasteiger partial charge is 0.221 e. The first-order valence-electron chi connectivity index (χ1n) is 8.74. The lowest BCUT2D eigenvalue weighted by Crippen LogP contribution is -2.39. The summed E-state index contributed by atoms with van der Waals surface area (Å²) in [6.45, 7) is 9.10. The first-order chi connectivity index (χ1) is 11.3. The van der Waals surface area contributed by atoms with E-state index in [9.17, 15) is 4.79 Å². The number of guanidine groups is 1. The second-order valence-electron chi connectivity index (χ2n) is 5.50. The molecular weight excluding hydrogens is 296 g/mol. The molecule has 0 aromatic heterocycles. The monoisotopic (exact) mass is 328 g/mol. The van der Waals surface area contributed by atoms with Crippen molar-refractivity contribution in [1.82, 2.24) is 16.0 Å². The molecule has 134 valence electrons. The van der Waals surface area contributed by atoms with Crippen LogP contribution in [-0.4, -0.2) is 64.0 Å². The van der Waals surface area contributed by atoms with Crippen LogP contribution in [0.3, 0.4) is 0 Å². The highest BCUT2D eigenvalue weighted by Gasteiger charge is 2.15. The molecule has 1 unspecified atom stereocenters. The van der Waals surface area contributed by atoms with Gasteiger partial charge in [0.25, 0.3) is 0 Å². The van der Waals surface area contributed by atoms with Crippen molar-refractivity contribution in [3.8, 4) is 0 Å². The zero-order valence-corrected chi connectivity index (χ0v) is 14.5. The Hall–Kier alpha value is -1.34. The number of nitrogens with zero attached hydrogens (tertiary/aromatic N) is 1. The van der Waals surface area contributed by atoms with Crippen molar-refractivity contribution in [2.45, 2.75) is 45.6 Å². The van der Waals surface area contributed by atoms with Gasteiger partial charge in [-0.25, -0.2) is 0 Å². The largest absolute Gasteiger partial charge is 0.379 e. The molecule has 23 heavy (non-hydrogen) atoms. The summed E-state index contributed by atoms with van der Waals surface area (Å²) in [5, 5.41) is 9.21. The van der Waals surface area contributed by atoms with Gasteiger partial charge in [0, 0.05) is 45.8 Å². The highest BCUT2D eigenvalue weighted by Crippen LogP contribution is 2.07. The summed E-state index contributed by atoms with van der Waals surface area (Å²) < 4.78 is 11.0. The summed E-state index contributed by atoms with van der Waals surface area (Å²) in [6, 6.07) is 0. The zero-order chi connectivity index (χ0) is 16.8. The van der Waals surface area contributed by atoms with Crippen LogP contribution in [0.25, 0.3) is 0 Å². The van der Waals surface area contributed by atoms with Gasteiger partial charge in [-0.15, -0.1) is 0 Å². The molecule has 1 aliphatic heterocycles. The molecule has 1 fully saturated rings. The normalized spacial score (nSPS) is 18.0. The van der Waals surface area contributed by atoms with Crippen molar-refractivity contribution in [1.29, 1.82) is 0 Å². The van der Waals surface area contributed by atoms with E-state index in [1.54, 1.807) is 0 Å². The molecular formula is C16H32N4O3. The van der Waals surface area contributed by atoms with Gasteiger partial charge in [-0.1, -0.05) is 6.92 Å². The summed E-state index contributed by atoms with van der Waals surface area (Å²) in [5.74, 6) is 0.822. The van der Waals surface area contributed by atoms with E-state index in [1.807, 2.05) is 13.8 Å². The number of amides is 1. The molecule has 0 saturated carbocycles. The summed E-state index contributed by atoms with van der Waals surface area (Å²) >= 11 is 0. The average molecular weight is 328 g/mol. The lowest BCUT2D eigenvalue weighted by Gasteiger charge is -2.12. The van der Waals surface area contributed by atoms with Crippen molar-refractivity contribution in [2.24, 2.45) is 4.99 Å². The van der Waals surface area contributed by atoms with Gasteiger partial charge in [0.15, 0.2) is 5.96 Å². The Morgan fingerprint density at radius 2 is 2.13 bits per heavy atom. The maximum absolute atomic E-state index is 11.5. The lowest BCUT2D eigenvalue weighted by atomic mass is 10.3. The molecule has 1 aliphatic rings. The Balaban J connectivity index is 2.12. The summed E-state index contributed by atoms with van der Waals surface area (Å²) in [6.07, 6.45) is 3.54. The molecule has 7 nitrogen and oxygen atoms in total. The van der Waals surface area contributed by atoms with Crippen LogP contribution < -0.4 is 16.0 Å². The molecule has 0 bridgehead atoms. The Morgan fingerprint density at radius 3 is 2.83 bits per heavy atom. The quantitative estimate of drug-likeness (QED) is 0.295. The van der Waals surface area contributed by atoms with Gasteiger partial charge in [-0.2, -0.15) is 0 Å². The van der Waals surface area contributed by atoms with Crippen molar-refractivity contribution in [3.63, 3.8) is 0 Å². The van der Waals surface area contributed by atoms with Crippen LogP contribution in [-0.2, 0) is 14.3 Å². The van der Waals surface area contributed by atoms with E-state index in [0.717, 1.165) is 44.9 Å². The molecule has 1 atom stereocenters. The molecule has 1 amide bonds. The predicted molar refractivity (Wildman–Crippen MR) is 91.7 cm³/mol. The van der Waals surface area contributed by atoms with Gasteiger partial charge in [0.05, 0.1) is 12.7 Å². The molecule has 0 spiro atoms. The highest BCUT2D eigenvalue weighted by molar-refractivity contribution is 5.81. The van der Waals surface area contributed by atoms with Crippen LogP contribution in [0.5, 0.6) is 0 Å². The van der Waals surface area contributed by atoms with Gasteiger partial charge >= 0.3 is 0 Å². The third-order valence-corrected chi connectivity index (χ3v) is 3.37. The van der Waals surface area contributed by atoms with Gasteiger partial charge in [-0.05, 0) is 26.2 Å². The number of hydrogen-bond donors (Lipinski definition) is 3. The van der Waals surface area contributed by atoms with Crippen LogP contribution in [0.1, 0.15) is 39.5 Å². The first kappa shape index (κ1) is 19.7. The van der Waals surface area contributed by atoms with Gasteiger partial charge in [-0.3, -0.25) is 9.79 Å². The maximum atomic E-state index is 11.5. The number of ether oxygens (including phenoxy) is 2. The number of carbonyl (C=O) groups excluding carboxylic acids is 1. The van der Waals surface area contributed by atoms with E-state index < -0.39 is 0 Å². The minimum absolute atomic E-state index is 0.0716. The van der Waals surface area contributed by atoms with E-state index in [4.69, 9.17) is 9.47 Å². The van der Waals surface area contributed by atoms with E-state index in [-0.39, 0.29) is 12.0 Å². The van der Waals surface area contributed by atoms with E-state index in [0.29, 0.717) is 32.7 Å². The Kier molecular flexibility index (Phi) is 11.3. The predicted octanol–water partition coefficient (Wildman–Crippen LogP) is 0.653. The Morgan fingerprint density at radius 1 is 1.26 bits per heavy atom. The van der Waals surface area contributed by atoms with E-state index >= 15 is 0 Å². The fraction of sp³-hybridized carbons (Fsp3) is 0.875. The van der Waals surface area contributed by atoms with Crippen molar-refractivity contribution in [2.75, 3.05) is 46.0 Å². The van der Waals surface area contributed by atoms with Gasteiger partial charge in [0.2, 0.25) is 5.91 Å². The van der Waals surface area contributed by atoms with E-state index in [2.05, 4.69) is 20.9 Å². The summed E-state index contributed by atoms with van der Waals surface area (Å²) in [4.78, 5) is 16.0. The van der Waals surface area contributed by atoms with Crippen LogP contribution in [0.15, 0.2) is 4.99 Å². The van der Waals surface area contributed by atoms with Crippen LogP contribution >= 0.6 is 0 Å². The fourth-order valence-corrected chi connectivity index (χ4v) is 2.14. The van der Waals surface area contributed by atoms with Crippen LogP contribution in [0.4, 0.5) is 0 Å². The third-order valence-electron chi connectivity index (χ3n) is 3.37. The Bertz CT molecular complexity index is 344. The number of aliphatic imine (C=N–C) groups is 1. The molecule has 3 N–H and O–H groups in total. The van der Waals surface area contributed by atoms with Crippen molar-refractivity contribution in [3.05, 3.63) is 0 Å². The summed E-state index contributed by atoms with van der Waals surface area (Å²) in [5.41, 5.74) is 0. The topological polar surface area (TPSA) is 84.0 Å². The molecule has 0 radical (unpaired) electrons. The first-order valence-corrected chi connectivity index (χ1v) is 8.74. The van der Waals surface area contributed by atoms with Crippen molar-refractivity contribution >= 4 is 11.9 Å². The third kappa shape index (κ3) is 10.1. The van der Waals surface area contributed by atoms with E-state index in [1.165, 1.54) is 0 Å². The van der Waals surface area contributed by atoms with Gasteiger partial charge < -0.3 is 25.4 Å². The number of nitrogens with one attached hydrogen (secondary N) is 3. The molecule has 7 heteroatoms. The molecule has 0 aromatic carbocycles. The standard InChI is InChI=1S/C16H32N4O3/c1-3-8-18-15(21)6-10-20-16(17-4-2)19-9-5-11-23-14-7-12-22-13-14/h14H,3-13H2,1-2H3,(H,18,21)(H2,17,19,20). The highest BCUT2D eigenvalue weighted by atomic mass is 16.5. The zero-order valence-electron chi connectivity index (χ0n) is 14.5. The fourth-order valence-electron chi connectivity index (χ4n) is 2.14.